The Morgan fingerprint density at radius 2 is 1.84 bits per heavy atom. The van der Waals surface area contributed by atoms with Crippen LogP contribution in [0, 0.1) is 11.3 Å². The van der Waals surface area contributed by atoms with E-state index in [9.17, 15) is 4.79 Å². The fraction of sp³-hybridized carbons (Fsp3) is 0.500. The SMILES string of the molecule is CCc1ccc(CCC(C)(C)NC(=O)CC#N)cc1. The van der Waals surface area contributed by atoms with Gasteiger partial charge in [0.15, 0.2) is 0 Å². The van der Waals surface area contributed by atoms with Crippen molar-refractivity contribution in [1.82, 2.24) is 5.32 Å². The molecule has 0 saturated heterocycles. The number of hydrogen-bond donors (Lipinski definition) is 1. The average molecular weight is 258 g/mol. The number of nitrogens with zero attached hydrogens (tertiary/aromatic N) is 1. The topological polar surface area (TPSA) is 52.9 Å². The molecule has 0 heterocycles. The number of hydrogen-bond acceptors (Lipinski definition) is 2. The Morgan fingerprint density at radius 1 is 1.26 bits per heavy atom. The maximum atomic E-state index is 11.4. The molecule has 19 heavy (non-hydrogen) atoms. The number of nitrogens with one attached hydrogen (secondary N) is 1. The second-order valence-corrected chi connectivity index (χ2v) is 5.44. The molecule has 0 atom stereocenters. The monoisotopic (exact) mass is 258 g/mol. The van der Waals surface area contributed by atoms with Crippen LogP contribution >= 0.6 is 0 Å². The zero-order valence-electron chi connectivity index (χ0n) is 12.0. The van der Waals surface area contributed by atoms with E-state index >= 15 is 0 Å². The maximum absolute atomic E-state index is 11.4. The van der Waals surface area contributed by atoms with Gasteiger partial charge < -0.3 is 5.32 Å². The lowest BCUT2D eigenvalue weighted by atomic mass is 9.94. The molecule has 0 fully saturated rings. The molecule has 1 rings (SSSR count). The molecule has 1 aromatic rings. The molecule has 1 aromatic carbocycles. The van der Waals surface area contributed by atoms with Crippen LogP contribution in [0.1, 0.15) is 44.7 Å². The summed E-state index contributed by atoms with van der Waals surface area (Å²) in [4.78, 5) is 11.4. The van der Waals surface area contributed by atoms with Gasteiger partial charge in [0.05, 0.1) is 6.07 Å². The van der Waals surface area contributed by atoms with E-state index in [0.717, 1.165) is 19.3 Å². The third kappa shape index (κ3) is 5.56. The van der Waals surface area contributed by atoms with Gasteiger partial charge in [0.25, 0.3) is 0 Å². The quantitative estimate of drug-likeness (QED) is 0.852. The Kier molecular flexibility index (Phi) is 5.57. The molecule has 3 heteroatoms. The molecule has 0 spiro atoms. The second kappa shape index (κ2) is 6.94. The van der Waals surface area contributed by atoms with Gasteiger partial charge in [0.2, 0.25) is 5.91 Å². The Morgan fingerprint density at radius 3 is 2.37 bits per heavy atom. The van der Waals surface area contributed by atoms with Crippen molar-refractivity contribution in [3.05, 3.63) is 35.4 Å². The zero-order valence-corrected chi connectivity index (χ0v) is 12.0. The minimum absolute atomic E-state index is 0.0748. The largest absolute Gasteiger partial charge is 0.350 e. The predicted octanol–water partition coefficient (Wildman–Crippen LogP) is 2.99. The molecule has 102 valence electrons. The Balaban J connectivity index is 2.49. The van der Waals surface area contributed by atoms with Crippen molar-refractivity contribution < 1.29 is 4.79 Å². The van der Waals surface area contributed by atoms with Gasteiger partial charge in [-0.05, 0) is 44.2 Å². The van der Waals surface area contributed by atoms with Crippen molar-refractivity contribution in [1.29, 1.82) is 5.26 Å². The summed E-state index contributed by atoms with van der Waals surface area (Å²) in [6, 6.07) is 10.5. The van der Waals surface area contributed by atoms with Crippen LogP contribution in [0.4, 0.5) is 0 Å². The Labute approximate surface area is 115 Å². The van der Waals surface area contributed by atoms with E-state index in [2.05, 4.69) is 36.5 Å². The van der Waals surface area contributed by atoms with Gasteiger partial charge in [-0.15, -0.1) is 0 Å². The van der Waals surface area contributed by atoms with Crippen LogP contribution in [0.5, 0.6) is 0 Å². The van der Waals surface area contributed by atoms with E-state index in [-0.39, 0.29) is 17.9 Å². The summed E-state index contributed by atoms with van der Waals surface area (Å²) in [5.41, 5.74) is 2.34. The van der Waals surface area contributed by atoms with Gasteiger partial charge in [-0.25, -0.2) is 0 Å². The molecular formula is C16H22N2O. The highest BCUT2D eigenvalue weighted by Gasteiger charge is 2.19. The van der Waals surface area contributed by atoms with Crippen molar-refractivity contribution in [2.75, 3.05) is 0 Å². The summed E-state index contributed by atoms with van der Waals surface area (Å²) in [6.45, 7) is 6.12. The number of nitriles is 1. The average Bonchev–Trinajstić information content (AvgIpc) is 2.37. The fourth-order valence-electron chi connectivity index (χ4n) is 1.95. The van der Waals surface area contributed by atoms with E-state index in [0.29, 0.717) is 0 Å². The van der Waals surface area contributed by atoms with Crippen LogP contribution in [0.25, 0.3) is 0 Å². The van der Waals surface area contributed by atoms with Crippen LogP contribution in [0.15, 0.2) is 24.3 Å². The number of benzene rings is 1. The van der Waals surface area contributed by atoms with Crippen LogP contribution in [0.3, 0.4) is 0 Å². The van der Waals surface area contributed by atoms with Gasteiger partial charge >= 0.3 is 0 Å². The van der Waals surface area contributed by atoms with E-state index in [1.54, 1.807) is 0 Å². The maximum Gasteiger partial charge on any atom is 0.234 e. The first kappa shape index (κ1) is 15.2. The molecule has 0 saturated carbocycles. The summed E-state index contributed by atoms with van der Waals surface area (Å²) in [6.07, 6.45) is 2.75. The lowest BCUT2D eigenvalue weighted by molar-refractivity contribution is -0.121. The van der Waals surface area contributed by atoms with Crippen LogP contribution in [0.2, 0.25) is 0 Å². The third-order valence-corrected chi connectivity index (χ3v) is 3.19. The summed E-state index contributed by atoms with van der Waals surface area (Å²) in [7, 11) is 0. The van der Waals surface area contributed by atoms with Crippen molar-refractivity contribution in [2.24, 2.45) is 0 Å². The van der Waals surface area contributed by atoms with Gasteiger partial charge in [0.1, 0.15) is 6.42 Å². The number of aryl methyl sites for hydroxylation is 2. The predicted molar refractivity (Wildman–Crippen MR) is 76.6 cm³/mol. The molecule has 0 aliphatic rings. The van der Waals surface area contributed by atoms with Crippen LogP contribution in [-0.4, -0.2) is 11.4 Å². The van der Waals surface area contributed by atoms with Crippen molar-refractivity contribution >= 4 is 5.91 Å². The lowest BCUT2D eigenvalue weighted by Gasteiger charge is -2.26. The first-order valence-electron chi connectivity index (χ1n) is 6.72. The lowest BCUT2D eigenvalue weighted by Crippen LogP contribution is -2.43. The molecule has 0 aliphatic heterocycles. The highest BCUT2D eigenvalue weighted by molar-refractivity contribution is 5.78. The zero-order chi connectivity index (χ0) is 14.3. The minimum atomic E-state index is -0.280. The van der Waals surface area contributed by atoms with E-state index in [1.165, 1.54) is 11.1 Å². The smallest absolute Gasteiger partial charge is 0.234 e. The molecule has 1 amide bonds. The standard InChI is InChI=1S/C16H22N2O/c1-4-13-5-7-14(8-6-13)9-11-16(2,3)18-15(19)10-12-17/h5-8H,4,9-11H2,1-3H3,(H,18,19). The first-order chi connectivity index (χ1) is 8.96. The van der Waals surface area contributed by atoms with Gasteiger partial charge in [0, 0.05) is 5.54 Å². The normalized spacial score (nSPS) is 10.8. The van der Waals surface area contributed by atoms with E-state index in [1.807, 2.05) is 19.9 Å². The van der Waals surface area contributed by atoms with Gasteiger partial charge in [-0.2, -0.15) is 5.26 Å². The fourth-order valence-corrected chi connectivity index (χ4v) is 1.95. The first-order valence-corrected chi connectivity index (χ1v) is 6.72. The Bertz CT molecular complexity index is 455. The molecule has 0 bridgehead atoms. The Hall–Kier alpha value is -1.82. The van der Waals surface area contributed by atoms with E-state index in [4.69, 9.17) is 5.26 Å². The third-order valence-electron chi connectivity index (χ3n) is 3.19. The highest BCUT2D eigenvalue weighted by atomic mass is 16.1. The van der Waals surface area contributed by atoms with Gasteiger partial charge in [-0.1, -0.05) is 31.2 Å². The minimum Gasteiger partial charge on any atom is -0.350 e. The highest BCUT2D eigenvalue weighted by Crippen LogP contribution is 2.14. The van der Waals surface area contributed by atoms with E-state index < -0.39 is 0 Å². The summed E-state index contributed by atoms with van der Waals surface area (Å²) in [5, 5.41) is 11.4. The number of carbonyl (C=O) groups is 1. The van der Waals surface area contributed by atoms with Crippen molar-refractivity contribution in [3.8, 4) is 6.07 Å². The second-order valence-electron chi connectivity index (χ2n) is 5.44. The molecule has 0 aromatic heterocycles. The molecule has 0 radical (unpaired) electrons. The van der Waals surface area contributed by atoms with Gasteiger partial charge in [-0.3, -0.25) is 4.79 Å². The van der Waals surface area contributed by atoms with Crippen molar-refractivity contribution in [2.45, 2.75) is 52.0 Å². The molecule has 1 N–H and O–H groups in total. The number of rotatable bonds is 6. The molecule has 0 aliphatic carbocycles. The summed E-state index contributed by atoms with van der Waals surface area (Å²) >= 11 is 0. The molecular weight excluding hydrogens is 236 g/mol. The molecule has 0 unspecified atom stereocenters. The van der Waals surface area contributed by atoms with Crippen LogP contribution < -0.4 is 5.32 Å². The molecule has 3 nitrogen and oxygen atoms in total. The summed E-state index contributed by atoms with van der Waals surface area (Å²) in [5.74, 6) is -0.200. The summed E-state index contributed by atoms with van der Waals surface area (Å²) < 4.78 is 0. The number of amides is 1. The van der Waals surface area contributed by atoms with Crippen molar-refractivity contribution in [3.63, 3.8) is 0 Å². The number of carbonyl (C=O) groups excluding carboxylic acids is 1. The van der Waals surface area contributed by atoms with Crippen LogP contribution in [-0.2, 0) is 17.6 Å².